The second-order valence-corrected chi connectivity index (χ2v) is 6.56. The first-order valence-electron chi connectivity index (χ1n) is 8.69. The number of anilines is 1. The molecule has 0 saturated carbocycles. The zero-order chi connectivity index (χ0) is 17.7. The van der Waals surface area contributed by atoms with Crippen molar-refractivity contribution in [3.8, 4) is 0 Å². The summed E-state index contributed by atoms with van der Waals surface area (Å²) in [6.45, 7) is 5.58. The van der Waals surface area contributed by atoms with Gasteiger partial charge in [-0.3, -0.25) is 9.69 Å². The van der Waals surface area contributed by atoms with Crippen molar-refractivity contribution in [2.45, 2.75) is 24.4 Å². The first-order valence-corrected chi connectivity index (χ1v) is 8.69. The van der Waals surface area contributed by atoms with Crippen molar-refractivity contribution in [1.29, 1.82) is 0 Å². The van der Waals surface area contributed by atoms with E-state index in [1.807, 2.05) is 54.6 Å². The van der Waals surface area contributed by atoms with Crippen LogP contribution in [0.1, 0.15) is 24.4 Å². The van der Waals surface area contributed by atoms with Crippen molar-refractivity contribution in [2.24, 2.45) is 5.73 Å². The van der Waals surface area contributed by atoms with E-state index in [-0.39, 0.29) is 11.9 Å². The van der Waals surface area contributed by atoms with Gasteiger partial charge in [0.15, 0.2) is 0 Å². The maximum absolute atomic E-state index is 12.2. The third-order valence-electron chi connectivity index (χ3n) is 5.04. The monoisotopic (exact) mass is 335 g/mol. The van der Waals surface area contributed by atoms with Crippen LogP contribution in [0.15, 0.2) is 73.3 Å². The van der Waals surface area contributed by atoms with Gasteiger partial charge in [0.25, 0.3) is 0 Å². The van der Waals surface area contributed by atoms with Crippen LogP contribution < -0.4 is 11.1 Å². The second-order valence-electron chi connectivity index (χ2n) is 6.56. The predicted molar refractivity (Wildman–Crippen MR) is 102 cm³/mol. The second kappa shape index (κ2) is 7.53. The zero-order valence-corrected chi connectivity index (χ0v) is 14.4. The lowest BCUT2D eigenvalue weighted by molar-refractivity contribution is -0.124. The molecular weight excluding hydrogens is 310 g/mol. The minimum absolute atomic E-state index is 0.156. The Morgan fingerprint density at radius 3 is 2.16 bits per heavy atom. The van der Waals surface area contributed by atoms with Crippen LogP contribution in [-0.2, 0) is 4.79 Å². The van der Waals surface area contributed by atoms with Gasteiger partial charge in [-0.2, -0.15) is 0 Å². The van der Waals surface area contributed by atoms with E-state index in [4.69, 9.17) is 5.73 Å². The predicted octanol–water partition coefficient (Wildman–Crippen LogP) is 3.35. The maximum atomic E-state index is 12.2. The van der Waals surface area contributed by atoms with Crippen molar-refractivity contribution >= 4 is 11.6 Å². The summed E-state index contributed by atoms with van der Waals surface area (Å²) >= 11 is 0. The summed E-state index contributed by atoms with van der Waals surface area (Å²) in [6, 6.07) is 20.3. The van der Waals surface area contributed by atoms with Gasteiger partial charge in [0, 0.05) is 18.8 Å². The molecule has 1 amide bonds. The van der Waals surface area contributed by atoms with E-state index >= 15 is 0 Å². The Labute approximate surface area is 149 Å². The van der Waals surface area contributed by atoms with Crippen LogP contribution in [0.25, 0.3) is 0 Å². The smallest absolute Gasteiger partial charge is 0.243 e. The number of carbonyl (C=O) groups excluding carboxylic acids is 1. The Bertz CT molecular complexity index is 706. The summed E-state index contributed by atoms with van der Waals surface area (Å²) in [5.41, 5.74) is 7.23. The highest BCUT2D eigenvalue weighted by Crippen LogP contribution is 2.32. The van der Waals surface area contributed by atoms with E-state index in [0.29, 0.717) is 12.8 Å². The van der Waals surface area contributed by atoms with Crippen LogP contribution in [0.4, 0.5) is 5.69 Å². The molecule has 4 nitrogen and oxygen atoms in total. The van der Waals surface area contributed by atoms with Crippen molar-refractivity contribution < 1.29 is 4.79 Å². The van der Waals surface area contributed by atoms with E-state index < -0.39 is 5.54 Å². The van der Waals surface area contributed by atoms with Gasteiger partial charge in [-0.15, -0.1) is 6.58 Å². The third kappa shape index (κ3) is 3.74. The summed E-state index contributed by atoms with van der Waals surface area (Å²) in [4.78, 5) is 14.6. The first kappa shape index (κ1) is 17.2. The lowest BCUT2D eigenvalue weighted by atomic mass is 9.85. The quantitative estimate of drug-likeness (QED) is 0.796. The van der Waals surface area contributed by atoms with Crippen LogP contribution in [0.2, 0.25) is 0 Å². The molecule has 1 heterocycles. The Morgan fingerprint density at radius 2 is 1.64 bits per heavy atom. The third-order valence-corrected chi connectivity index (χ3v) is 5.04. The Kier molecular flexibility index (Phi) is 5.19. The summed E-state index contributed by atoms with van der Waals surface area (Å²) < 4.78 is 0. The molecule has 0 aromatic heterocycles. The van der Waals surface area contributed by atoms with Gasteiger partial charge in [0.2, 0.25) is 5.91 Å². The number of carbonyl (C=O) groups is 1. The number of nitrogens with one attached hydrogen (secondary N) is 1. The minimum atomic E-state index is -0.694. The SMILES string of the molecule is C=CC(c1ccccc1)N1CCC(Nc2ccccc2)(C(N)=O)CC1. The highest BCUT2D eigenvalue weighted by molar-refractivity contribution is 5.88. The van der Waals surface area contributed by atoms with Gasteiger partial charge in [-0.25, -0.2) is 0 Å². The summed E-state index contributed by atoms with van der Waals surface area (Å²) in [5, 5.41) is 3.38. The number of primary amides is 1. The van der Waals surface area contributed by atoms with Crippen molar-refractivity contribution in [3.05, 3.63) is 78.9 Å². The normalized spacial score (nSPS) is 18.2. The summed E-state index contributed by atoms with van der Waals surface area (Å²) in [6.07, 6.45) is 3.32. The molecular formula is C21H25N3O. The number of nitrogens with two attached hydrogens (primary N) is 1. The van der Waals surface area contributed by atoms with Crippen molar-refractivity contribution in [3.63, 3.8) is 0 Å². The number of nitrogens with zero attached hydrogens (tertiary/aromatic N) is 1. The molecule has 4 heteroatoms. The summed E-state index contributed by atoms with van der Waals surface area (Å²) in [5.74, 6) is -0.286. The number of benzene rings is 2. The Morgan fingerprint density at radius 1 is 1.08 bits per heavy atom. The fourth-order valence-corrected chi connectivity index (χ4v) is 3.56. The molecule has 1 aliphatic rings. The number of hydrogen-bond donors (Lipinski definition) is 2. The topological polar surface area (TPSA) is 58.4 Å². The molecule has 0 bridgehead atoms. The standard InChI is InChI=1S/C21H25N3O/c1-2-19(17-9-5-3-6-10-17)24-15-13-21(14-16-24,20(22)25)23-18-11-7-4-8-12-18/h2-12,19,23H,1,13-16H2,(H2,22,25). The fraction of sp³-hybridized carbons (Fsp3) is 0.286. The molecule has 3 rings (SSSR count). The highest BCUT2D eigenvalue weighted by atomic mass is 16.1. The van der Waals surface area contributed by atoms with Crippen LogP contribution in [0.5, 0.6) is 0 Å². The number of piperidine rings is 1. The Hall–Kier alpha value is -2.59. The lowest BCUT2D eigenvalue weighted by Gasteiger charge is -2.43. The molecule has 1 fully saturated rings. The molecule has 2 aromatic carbocycles. The average molecular weight is 335 g/mol. The molecule has 1 saturated heterocycles. The van der Waals surface area contributed by atoms with Gasteiger partial charge in [0.1, 0.15) is 5.54 Å². The largest absolute Gasteiger partial charge is 0.371 e. The van der Waals surface area contributed by atoms with Crippen LogP contribution >= 0.6 is 0 Å². The molecule has 1 aliphatic heterocycles. The molecule has 3 N–H and O–H groups in total. The average Bonchev–Trinajstić information content (AvgIpc) is 2.65. The van der Waals surface area contributed by atoms with Crippen LogP contribution in [0.3, 0.4) is 0 Å². The molecule has 130 valence electrons. The fourth-order valence-electron chi connectivity index (χ4n) is 3.56. The minimum Gasteiger partial charge on any atom is -0.371 e. The molecule has 0 radical (unpaired) electrons. The van der Waals surface area contributed by atoms with E-state index in [9.17, 15) is 4.79 Å². The van der Waals surface area contributed by atoms with Gasteiger partial charge >= 0.3 is 0 Å². The zero-order valence-electron chi connectivity index (χ0n) is 14.4. The maximum Gasteiger partial charge on any atom is 0.243 e. The van der Waals surface area contributed by atoms with Crippen molar-refractivity contribution in [1.82, 2.24) is 4.90 Å². The number of hydrogen-bond acceptors (Lipinski definition) is 3. The highest BCUT2D eigenvalue weighted by Gasteiger charge is 2.41. The molecule has 1 atom stereocenters. The van der Waals surface area contributed by atoms with Crippen LogP contribution in [0, 0.1) is 0 Å². The molecule has 0 aliphatic carbocycles. The number of likely N-dealkylation sites (tertiary alicyclic amines) is 1. The molecule has 25 heavy (non-hydrogen) atoms. The van der Waals surface area contributed by atoms with Gasteiger partial charge in [0.05, 0.1) is 6.04 Å². The summed E-state index contributed by atoms with van der Waals surface area (Å²) in [7, 11) is 0. The van der Waals surface area contributed by atoms with Gasteiger partial charge in [-0.1, -0.05) is 54.6 Å². The Balaban J connectivity index is 1.74. The molecule has 1 unspecified atom stereocenters. The number of para-hydroxylation sites is 1. The van der Waals surface area contributed by atoms with Crippen LogP contribution in [-0.4, -0.2) is 29.4 Å². The van der Waals surface area contributed by atoms with Gasteiger partial charge < -0.3 is 11.1 Å². The number of rotatable bonds is 6. The van der Waals surface area contributed by atoms with E-state index in [1.165, 1.54) is 5.56 Å². The van der Waals surface area contributed by atoms with Gasteiger partial charge in [-0.05, 0) is 30.5 Å². The van der Waals surface area contributed by atoms with E-state index in [1.54, 1.807) is 0 Å². The lowest BCUT2D eigenvalue weighted by Crippen LogP contribution is -2.57. The molecule has 2 aromatic rings. The molecule has 0 spiro atoms. The first-order chi connectivity index (χ1) is 12.1. The van der Waals surface area contributed by atoms with E-state index in [0.717, 1.165) is 18.8 Å². The number of amides is 1. The van der Waals surface area contributed by atoms with E-state index in [2.05, 4.69) is 28.9 Å². The van der Waals surface area contributed by atoms with Crippen molar-refractivity contribution in [2.75, 3.05) is 18.4 Å².